The summed E-state index contributed by atoms with van der Waals surface area (Å²) >= 11 is 0. The lowest BCUT2D eigenvalue weighted by Crippen LogP contribution is -2.41. The van der Waals surface area contributed by atoms with Gasteiger partial charge in [-0.3, -0.25) is 25.2 Å². The summed E-state index contributed by atoms with van der Waals surface area (Å²) in [4.78, 5) is 37.6. The van der Waals surface area contributed by atoms with Crippen molar-refractivity contribution in [2.75, 3.05) is 11.9 Å². The molecule has 0 saturated carbocycles. The molecule has 0 unspecified atom stereocenters. The van der Waals surface area contributed by atoms with Gasteiger partial charge in [0.15, 0.2) is 0 Å². The standard InChI is InChI=1S/C33H33N3O4/c1-33(2,3)27-15-9-24(10-16-27)30(37)34-28-17-11-25(12-18-28)31(38)35-36-32(39)26-13-19-29(20-14-26)40-22-21-23-7-5-4-6-8-23/h4-20H,21-22H2,1-3H3,(H,34,37)(H,35,38)(H,36,39). The lowest BCUT2D eigenvalue weighted by Gasteiger charge is -2.19. The molecule has 0 aliphatic carbocycles. The summed E-state index contributed by atoms with van der Waals surface area (Å²) in [7, 11) is 0. The molecule has 40 heavy (non-hydrogen) atoms. The number of anilines is 1. The average Bonchev–Trinajstić information content (AvgIpc) is 2.96. The quantitative estimate of drug-likeness (QED) is 0.244. The first-order valence-electron chi connectivity index (χ1n) is 13.1. The van der Waals surface area contributed by atoms with Crippen LogP contribution in [-0.2, 0) is 11.8 Å². The number of ether oxygens (including phenoxy) is 1. The van der Waals surface area contributed by atoms with Crippen molar-refractivity contribution in [1.29, 1.82) is 0 Å². The summed E-state index contributed by atoms with van der Waals surface area (Å²) < 4.78 is 5.75. The Morgan fingerprint density at radius 3 is 1.68 bits per heavy atom. The average molecular weight is 536 g/mol. The van der Waals surface area contributed by atoms with Crippen molar-refractivity contribution >= 4 is 23.4 Å². The molecule has 3 N–H and O–H groups in total. The summed E-state index contributed by atoms with van der Waals surface area (Å²) in [6, 6.07) is 30.7. The minimum Gasteiger partial charge on any atom is -0.493 e. The zero-order chi connectivity index (χ0) is 28.5. The van der Waals surface area contributed by atoms with Crippen LogP contribution in [0.1, 0.15) is 63.0 Å². The van der Waals surface area contributed by atoms with Crippen LogP contribution in [0.15, 0.2) is 103 Å². The maximum Gasteiger partial charge on any atom is 0.269 e. The lowest BCUT2D eigenvalue weighted by atomic mass is 9.87. The molecule has 204 valence electrons. The number of hydrogen-bond donors (Lipinski definition) is 3. The molecule has 3 amide bonds. The predicted molar refractivity (Wildman–Crippen MR) is 157 cm³/mol. The Morgan fingerprint density at radius 2 is 1.12 bits per heavy atom. The summed E-state index contributed by atoms with van der Waals surface area (Å²) in [6.07, 6.45) is 0.786. The zero-order valence-corrected chi connectivity index (χ0v) is 22.9. The van der Waals surface area contributed by atoms with Gasteiger partial charge in [0.05, 0.1) is 6.61 Å². The van der Waals surface area contributed by atoms with Crippen LogP contribution in [0, 0.1) is 0 Å². The molecule has 0 radical (unpaired) electrons. The zero-order valence-electron chi connectivity index (χ0n) is 22.9. The SMILES string of the molecule is CC(C)(C)c1ccc(C(=O)Nc2ccc(C(=O)NNC(=O)c3ccc(OCCc4ccccc4)cc3)cc2)cc1. The van der Waals surface area contributed by atoms with E-state index in [9.17, 15) is 14.4 Å². The highest BCUT2D eigenvalue weighted by Gasteiger charge is 2.15. The number of carbonyl (C=O) groups excluding carboxylic acids is 3. The summed E-state index contributed by atoms with van der Waals surface area (Å²) in [5.41, 5.74) is 8.97. The molecule has 4 aromatic rings. The van der Waals surface area contributed by atoms with E-state index in [0.717, 1.165) is 12.0 Å². The fraction of sp³-hybridized carbons (Fsp3) is 0.182. The van der Waals surface area contributed by atoms with Gasteiger partial charge in [0.25, 0.3) is 17.7 Å². The third kappa shape index (κ3) is 7.80. The molecular weight excluding hydrogens is 502 g/mol. The van der Waals surface area contributed by atoms with Gasteiger partial charge in [-0.25, -0.2) is 0 Å². The third-order valence-electron chi connectivity index (χ3n) is 6.33. The fourth-order valence-electron chi connectivity index (χ4n) is 3.92. The van der Waals surface area contributed by atoms with Crippen LogP contribution in [0.25, 0.3) is 0 Å². The van der Waals surface area contributed by atoms with E-state index in [2.05, 4.69) is 36.9 Å². The number of nitrogens with one attached hydrogen (secondary N) is 3. The molecule has 4 aromatic carbocycles. The second kappa shape index (κ2) is 12.8. The van der Waals surface area contributed by atoms with Gasteiger partial charge in [0, 0.05) is 28.8 Å². The second-order valence-electron chi connectivity index (χ2n) is 10.4. The molecule has 0 atom stereocenters. The number of benzene rings is 4. The minimum atomic E-state index is -0.482. The number of carbonyl (C=O) groups is 3. The molecule has 0 aliphatic rings. The van der Waals surface area contributed by atoms with E-state index in [4.69, 9.17) is 4.74 Å². The van der Waals surface area contributed by atoms with Crippen molar-refractivity contribution < 1.29 is 19.1 Å². The molecule has 0 aliphatic heterocycles. The van der Waals surface area contributed by atoms with E-state index >= 15 is 0 Å². The van der Waals surface area contributed by atoms with E-state index in [1.807, 2.05) is 42.5 Å². The smallest absolute Gasteiger partial charge is 0.269 e. The van der Waals surface area contributed by atoms with Gasteiger partial charge in [-0.2, -0.15) is 0 Å². The summed E-state index contributed by atoms with van der Waals surface area (Å²) in [5, 5.41) is 2.83. The Balaban J connectivity index is 1.23. The van der Waals surface area contributed by atoms with E-state index in [0.29, 0.717) is 34.7 Å². The Bertz CT molecular complexity index is 1440. The monoisotopic (exact) mass is 535 g/mol. The maximum absolute atomic E-state index is 12.6. The molecular formula is C33H33N3O4. The van der Waals surface area contributed by atoms with Gasteiger partial charge in [0.2, 0.25) is 0 Å². The Labute approximate surface area is 234 Å². The highest BCUT2D eigenvalue weighted by atomic mass is 16.5. The minimum absolute atomic E-state index is 0.00713. The van der Waals surface area contributed by atoms with Crippen LogP contribution >= 0.6 is 0 Å². The molecule has 0 heterocycles. The van der Waals surface area contributed by atoms with Gasteiger partial charge in [-0.05, 0) is 77.2 Å². The van der Waals surface area contributed by atoms with Gasteiger partial charge in [0.1, 0.15) is 5.75 Å². The Hall–Kier alpha value is -4.91. The highest BCUT2D eigenvalue weighted by Crippen LogP contribution is 2.22. The van der Waals surface area contributed by atoms with Gasteiger partial charge >= 0.3 is 0 Å². The Kier molecular flexibility index (Phi) is 8.96. The lowest BCUT2D eigenvalue weighted by molar-refractivity contribution is 0.0846. The molecule has 7 heteroatoms. The Morgan fingerprint density at radius 1 is 0.625 bits per heavy atom. The molecule has 0 fully saturated rings. The van der Waals surface area contributed by atoms with Crippen molar-refractivity contribution in [2.24, 2.45) is 0 Å². The van der Waals surface area contributed by atoms with E-state index in [-0.39, 0.29) is 11.3 Å². The van der Waals surface area contributed by atoms with Crippen LogP contribution in [0.4, 0.5) is 5.69 Å². The van der Waals surface area contributed by atoms with Gasteiger partial charge in [-0.1, -0.05) is 63.2 Å². The van der Waals surface area contributed by atoms with Crippen LogP contribution < -0.4 is 20.9 Å². The predicted octanol–water partition coefficient (Wildman–Crippen LogP) is 5.93. The van der Waals surface area contributed by atoms with Crippen molar-refractivity contribution in [3.63, 3.8) is 0 Å². The number of amides is 3. The van der Waals surface area contributed by atoms with Crippen molar-refractivity contribution in [1.82, 2.24) is 10.9 Å². The molecule has 0 saturated heterocycles. The van der Waals surface area contributed by atoms with Crippen molar-refractivity contribution in [3.8, 4) is 5.75 Å². The van der Waals surface area contributed by atoms with E-state index < -0.39 is 11.8 Å². The topological polar surface area (TPSA) is 96.5 Å². The van der Waals surface area contributed by atoms with Gasteiger partial charge in [-0.15, -0.1) is 0 Å². The second-order valence-corrected chi connectivity index (χ2v) is 10.4. The van der Waals surface area contributed by atoms with Crippen LogP contribution in [0.3, 0.4) is 0 Å². The molecule has 0 aromatic heterocycles. The molecule has 0 bridgehead atoms. The summed E-state index contributed by atoms with van der Waals surface area (Å²) in [6.45, 7) is 6.88. The first-order valence-corrected chi connectivity index (χ1v) is 13.1. The molecule has 0 spiro atoms. The van der Waals surface area contributed by atoms with Crippen LogP contribution in [-0.4, -0.2) is 24.3 Å². The number of hydrogen-bond acceptors (Lipinski definition) is 4. The van der Waals surface area contributed by atoms with Crippen LogP contribution in [0.2, 0.25) is 0 Å². The number of hydrazine groups is 1. The first-order chi connectivity index (χ1) is 19.2. The van der Waals surface area contributed by atoms with Crippen molar-refractivity contribution in [2.45, 2.75) is 32.6 Å². The third-order valence-corrected chi connectivity index (χ3v) is 6.33. The summed E-state index contributed by atoms with van der Waals surface area (Å²) in [5.74, 6) is -0.515. The van der Waals surface area contributed by atoms with Crippen molar-refractivity contribution in [3.05, 3.63) is 131 Å². The van der Waals surface area contributed by atoms with E-state index in [1.165, 1.54) is 5.56 Å². The van der Waals surface area contributed by atoms with E-state index in [1.54, 1.807) is 60.7 Å². The first kappa shape index (κ1) is 28.1. The van der Waals surface area contributed by atoms with Gasteiger partial charge < -0.3 is 10.1 Å². The number of rotatable bonds is 8. The molecule has 4 rings (SSSR count). The fourth-order valence-corrected chi connectivity index (χ4v) is 3.92. The normalized spacial score (nSPS) is 10.9. The largest absolute Gasteiger partial charge is 0.493 e. The molecule has 7 nitrogen and oxygen atoms in total. The van der Waals surface area contributed by atoms with Crippen LogP contribution in [0.5, 0.6) is 5.75 Å². The maximum atomic E-state index is 12.6. The highest BCUT2D eigenvalue weighted by molar-refractivity contribution is 6.04.